The lowest BCUT2D eigenvalue weighted by Gasteiger charge is -2.46. The first-order valence-electron chi connectivity index (χ1n) is 16.6. The standard InChI is InChI=1S/C35H54N3O9P/c1-11-43-48(42)22-21-37(24-27-23-36-47-28(27)26-17-13-12-14-18-26)25-35(48,29(39)44-32(2,3)4)19-15-16-20-38(30(40)45-33(5,6)7)31(41)46-34(8,9)10/h12-14,17-18,23H,11,15-16,19-22,24-25H2,1-10H3. The van der Waals surface area contributed by atoms with Crippen molar-refractivity contribution in [1.29, 1.82) is 0 Å². The minimum Gasteiger partial charge on any atom is -0.459 e. The van der Waals surface area contributed by atoms with Gasteiger partial charge in [-0.25, -0.2) is 14.5 Å². The lowest BCUT2D eigenvalue weighted by Crippen LogP contribution is -2.56. The van der Waals surface area contributed by atoms with E-state index in [4.69, 9.17) is 23.3 Å². The zero-order chi connectivity index (χ0) is 36.0. The Labute approximate surface area is 285 Å². The van der Waals surface area contributed by atoms with Crippen LogP contribution in [0.3, 0.4) is 0 Å². The number of aromatic nitrogens is 1. The highest BCUT2D eigenvalue weighted by Crippen LogP contribution is 2.64. The lowest BCUT2D eigenvalue weighted by atomic mass is 9.98. The molecule has 0 radical (unpaired) electrons. The Hall–Kier alpha value is -3.21. The molecular formula is C35H54N3O9P. The second-order valence-electron chi connectivity index (χ2n) is 15.2. The van der Waals surface area contributed by atoms with Gasteiger partial charge < -0.3 is 23.3 Å². The fourth-order valence-corrected chi connectivity index (χ4v) is 8.53. The first-order chi connectivity index (χ1) is 22.2. The second-order valence-corrected chi connectivity index (χ2v) is 18.1. The third kappa shape index (κ3) is 10.6. The number of nitrogens with zero attached hydrogens (tertiary/aromatic N) is 3. The van der Waals surface area contributed by atoms with E-state index < -0.39 is 47.5 Å². The van der Waals surface area contributed by atoms with Crippen LogP contribution in [-0.4, -0.2) is 87.5 Å². The van der Waals surface area contributed by atoms with Crippen molar-refractivity contribution in [2.75, 3.05) is 32.4 Å². The van der Waals surface area contributed by atoms with Crippen molar-refractivity contribution in [3.05, 3.63) is 42.1 Å². The van der Waals surface area contributed by atoms with Gasteiger partial charge in [0.1, 0.15) is 16.8 Å². The van der Waals surface area contributed by atoms with E-state index in [1.807, 2.05) is 30.3 Å². The number of imide groups is 1. The molecule has 13 heteroatoms. The molecule has 2 aromatic rings. The smallest absolute Gasteiger partial charge is 0.419 e. The lowest BCUT2D eigenvalue weighted by molar-refractivity contribution is -0.160. The molecule has 48 heavy (non-hydrogen) atoms. The highest BCUT2D eigenvalue weighted by atomic mass is 31.2. The van der Waals surface area contributed by atoms with Crippen LogP contribution in [-0.2, 0) is 34.6 Å². The van der Waals surface area contributed by atoms with Crippen LogP contribution in [0.2, 0.25) is 0 Å². The summed E-state index contributed by atoms with van der Waals surface area (Å²) < 4.78 is 43.3. The Morgan fingerprint density at radius 3 is 2.04 bits per heavy atom. The maximum Gasteiger partial charge on any atom is 0.419 e. The van der Waals surface area contributed by atoms with Gasteiger partial charge in [-0.2, -0.15) is 0 Å². The zero-order valence-corrected chi connectivity index (χ0v) is 31.2. The highest BCUT2D eigenvalue weighted by Gasteiger charge is 2.59. The predicted molar refractivity (Wildman–Crippen MR) is 183 cm³/mol. The van der Waals surface area contributed by atoms with Crippen LogP contribution in [0.4, 0.5) is 9.59 Å². The topological polar surface area (TPSA) is 138 Å². The summed E-state index contributed by atoms with van der Waals surface area (Å²) in [5.74, 6) is 0.0302. The van der Waals surface area contributed by atoms with Gasteiger partial charge in [0.15, 0.2) is 10.9 Å². The fraction of sp³-hybridized carbons (Fsp3) is 0.657. The number of rotatable bonds is 11. The quantitative estimate of drug-likeness (QED) is 0.0984. The number of hydrogen-bond acceptors (Lipinski definition) is 11. The summed E-state index contributed by atoms with van der Waals surface area (Å²) in [5.41, 5.74) is -0.808. The summed E-state index contributed by atoms with van der Waals surface area (Å²) in [4.78, 5) is 43.4. The van der Waals surface area contributed by atoms with Crippen molar-refractivity contribution in [1.82, 2.24) is 15.0 Å². The van der Waals surface area contributed by atoms with Crippen LogP contribution < -0.4 is 0 Å². The summed E-state index contributed by atoms with van der Waals surface area (Å²) in [6, 6.07) is 9.63. The molecular weight excluding hydrogens is 637 g/mol. The molecule has 1 saturated heterocycles. The van der Waals surface area contributed by atoms with Crippen molar-refractivity contribution >= 4 is 25.5 Å². The second kappa shape index (κ2) is 15.6. The number of benzene rings is 1. The third-order valence-corrected chi connectivity index (χ3v) is 10.8. The Morgan fingerprint density at radius 2 is 1.50 bits per heavy atom. The number of hydrogen-bond donors (Lipinski definition) is 0. The van der Waals surface area contributed by atoms with Gasteiger partial charge >= 0.3 is 18.2 Å². The van der Waals surface area contributed by atoms with Crippen molar-refractivity contribution in [3.63, 3.8) is 0 Å². The van der Waals surface area contributed by atoms with Crippen LogP contribution in [0.1, 0.15) is 94.1 Å². The molecule has 0 aliphatic carbocycles. The van der Waals surface area contributed by atoms with E-state index in [9.17, 15) is 18.9 Å². The molecule has 268 valence electrons. The normalized spacial score (nSPS) is 20.6. The first kappa shape index (κ1) is 39.2. The third-order valence-electron chi connectivity index (χ3n) is 7.49. The molecule has 3 rings (SSSR count). The van der Waals surface area contributed by atoms with E-state index in [1.165, 1.54) is 0 Å². The zero-order valence-electron chi connectivity index (χ0n) is 30.3. The minimum absolute atomic E-state index is 0.0298. The number of esters is 1. The van der Waals surface area contributed by atoms with Gasteiger partial charge in [-0.15, -0.1) is 0 Å². The van der Waals surface area contributed by atoms with Crippen LogP contribution in [0.15, 0.2) is 41.1 Å². The summed E-state index contributed by atoms with van der Waals surface area (Å²) in [6.07, 6.45) is 0.912. The van der Waals surface area contributed by atoms with Gasteiger partial charge in [0.2, 0.25) is 7.37 Å². The maximum absolute atomic E-state index is 14.8. The summed E-state index contributed by atoms with van der Waals surface area (Å²) in [5, 5.41) is 2.54. The Kier molecular flexibility index (Phi) is 12.7. The van der Waals surface area contributed by atoms with Gasteiger partial charge in [0.05, 0.1) is 12.8 Å². The maximum atomic E-state index is 14.8. The molecule has 1 aliphatic heterocycles. The SMILES string of the molecule is CCOP1(=O)CCN(Cc2cnoc2-c2ccccc2)CC1(CCCCN(C(=O)OC(C)(C)C)C(=O)OC(C)(C)C)C(=O)OC(C)(C)C. The Balaban J connectivity index is 1.91. The van der Waals surface area contributed by atoms with Crippen LogP contribution in [0.25, 0.3) is 11.3 Å². The first-order valence-corrected chi connectivity index (χ1v) is 18.4. The molecule has 1 aromatic heterocycles. The van der Waals surface area contributed by atoms with Crippen LogP contribution in [0.5, 0.6) is 0 Å². The minimum atomic E-state index is -3.60. The van der Waals surface area contributed by atoms with E-state index in [0.717, 1.165) is 16.0 Å². The average molecular weight is 692 g/mol. The molecule has 0 saturated carbocycles. The average Bonchev–Trinajstić information content (AvgIpc) is 3.40. The Bertz CT molecular complexity index is 1410. The summed E-state index contributed by atoms with van der Waals surface area (Å²) in [6.45, 7) is 18.4. The van der Waals surface area contributed by atoms with Crippen LogP contribution in [0, 0.1) is 0 Å². The molecule has 2 unspecified atom stereocenters. The molecule has 1 aliphatic rings. The van der Waals surface area contributed by atoms with Gasteiger partial charge in [0.25, 0.3) is 0 Å². The molecule has 0 bridgehead atoms. The molecule has 0 N–H and O–H groups in total. The summed E-state index contributed by atoms with van der Waals surface area (Å²) >= 11 is 0. The van der Waals surface area contributed by atoms with E-state index in [-0.39, 0.29) is 32.3 Å². The molecule has 2 amide bonds. The Morgan fingerprint density at radius 1 is 0.917 bits per heavy atom. The molecule has 2 atom stereocenters. The van der Waals surface area contributed by atoms with E-state index in [1.54, 1.807) is 75.4 Å². The number of carbonyl (C=O) groups excluding carboxylic acids is 3. The van der Waals surface area contributed by atoms with E-state index in [0.29, 0.717) is 31.7 Å². The van der Waals surface area contributed by atoms with Crippen molar-refractivity contribution in [2.24, 2.45) is 0 Å². The van der Waals surface area contributed by atoms with E-state index >= 15 is 0 Å². The molecule has 1 fully saturated rings. The van der Waals surface area contributed by atoms with Crippen molar-refractivity contribution in [3.8, 4) is 11.3 Å². The number of carbonyl (C=O) groups is 3. The van der Waals surface area contributed by atoms with Crippen molar-refractivity contribution in [2.45, 2.75) is 117 Å². The molecule has 12 nitrogen and oxygen atoms in total. The largest absolute Gasteiger partial charge is 0.459 e. The highest BCUT2D eigenvalue weighted by molar-refractivity contribution is 7.62. The van der Waals surface area contributed by atoms with Gasteiger partial charge in [0, 0.05) is 43.5 Å². The fourth-order valence-electron chi connectivity index (χ4n) is 5.52. The number of amides is 2. The molecule has 1 aromatic carbocycles. The van der Waals surface area contributed by atoms with Crippen molar-refractivity contribution < 1.29 is 42.2 Å². The van der Waals surface area contributed by atoms with Gasteiger partial charge in [-0.05, 0) is 88.5 Å². The van der Waals surface area contributed by atoms with E-state index in [2.05, 4.69) is 10.1 Å². The predicted octanol–water partition coefficient (Wildman–Crippen LogP) is 7.89. The monoisotopic (exact) mass is 691 g/mol. The molecule has 0 spiro atoms. The number of ether oxygens (including phenoxy) is 3. The van der Waals surface area contributed by atoms with Gasteiger partial charge in [-0.1, -0.05) is 35.5 Å². The van der Waals surface area contributed by atoms with Gasteiger partial charge in [-0.3, -0.25) is 14.3 Å². The van der Waals surface area contributed by atoms with Crippen LogP contribution >= 0.6 is 7.37 Å². The number of unbranched alkanes of at least 4 members (excludes halogenated alkanes) is 1. The summed E-state index contributed by atoms with van der Waals surface area (Å²) in [7, 11) is -3.60. The molecule has 2 heterocycles.